The first-order chi connectivity index (χ1) is 9.34. The van der Waals surface area contributed by atoms with E-state index in [0.717, 1.165) is 17.1 Å². The van der Waals surface area contributed by atoms with Crippen LogP contribution in [-0.4, -0.2) is 4.98 Å². The summed E-state index contributed by atoms with van der Waals surface area (Å²) in [7, 11) is 0. The second-order valence-corrected chi connectivity index (χ2v) is 5.44. The third kappa shape index (κ3) is 8.05. The predicted octanol–water partition coefficient (Wildman–Crippen LogP) is 6.28. The second-order valence-electron chi connectivity index (χ2n) is 5.04. The van der Waals surface area contributed by atoms with Gasteiger partial charge in [-0.15, -0.1) is 0 Å². The van der Waals surface area contributed by atoms with Gasteiger partial charge in [-0.3, -0.25) is 4.98 Å². The van der Waals surface area contributed by atoms with Crippen LogP contribution in [-0.2, 0) is 0 Å². The smallest absolute Gasteiger partial charge is 0.0812 e. The lowest BCUT2D eigenvalue weighted by Gasteiger charge is -2.00. The Bertz CT molecular complexity index is 360. The highest BCUT2D eigenvalue weighted by Gasteiger charge is 1.94. The van der Waals surface area contributed by atoms with Gasteiger partial charge in [-0.1, -0.05) is 69.5 Å². The van der Waals surface area contributed by atoms with E-state index in [1.54, 1.807) is 6.20 Å². The minimum Gasteiger partial charge on any atom is -0.255 e. The van der Waals surface area contributed by atoms with Crippen molar-refractivity contribution in [3.8, 4) is 0 Å². The lowest BCUT2D eigenvalue weighted by Crippen LogP contribution is -1.81. The zero-order valence-electron chi connectivity index (χ0n) is 12.1. The van der Waals surface area contributed by atoms with E-state index >= 15 is 0 Å². The van der Waals surface area contributed by atoms with Crippen LogP contribution < -0.4 is 0 Å². The molecule has 0 unspecified atom stereocenters. The summed E-state index contributed by atoms with van der Waals surface area (Å²) in [6, 6.07) is 3.74. The van der Waals surface area contributed by atoms with Crippen LogP contribution in [0, 0.1) is 0 Å². The molecule has 1 aromatic heterocycles. The molecule has 0 atom stereocenters. The van der Waals surface area contributed by atoms with E-state index in [0.29, 0.717) is 0 Å². The molecule has 0 aliphatic carbocycles. The fraction of sp³-hybridized carbons (Fsp3) is 0.588. The van der Waals surface area contributed by atoms with Crippen LogP contribution in [0.3, 0.4) is 0 Å². The van der Waals surface area contributed by atoms with Crippen LogP contribution in [0.15, 0.2) is 24.4 Å². The van der Waals surface area contributed by atoms with Gasteiger partial charge in [-0.05, 0) is 31.1 Å². The van der Waals surface area contributed by atoms with E-state index in [1.165, 1.54) is 51.4 Å². The Hall–Kier alpha value is -0.820. The maximum Gasteiger partial charge on any atom is 0.0812 e. The number of nitrogens with zero attached hydrogens (tertiary/aromatic N) is 1. The number of halogens is 1. The summed E-state index contributed by atoms with van der Waals surface area (Å²) in [6.45, 7) is 2.26. The molecule has 1 aromatic rings. The molecular weight excluding hydrogens is 254 g/mol. The summed E-state index contributed by atoms with van der Waals surface area (Å²) >= 11 is 6.03. The fourth-order valence-corrected chi connectivity index (χ4v) is 2.30. The summed E-state index contributed by atoms with van der Waals surface area (Å²) in [6.07, 6.45) is 18.1. The summed E-state index contributed by atoms with van der Waals surface area (Å²) in [5, 5.41) is 0.731. The molecular formula is C17H26ClN. The highest BCUT2D eigenvalue weighted by atomic mass is 35.5. The number of pyridine rings is 1. The molecule has 0 spiro atoms. The summed E-state index contributed by atoms with van der Waals surface area (Å²) in [5.41, 5.74) is 0.878. The number of rotatable bonds is 10. The SMILES string of the molecule is CCCCCCCCCC/C=C/c1ncccc1Cl. The van der Waals surface area contributed by atoms with Gasteiger partial charge < -0.3 is 0 Å². The van der Waals surface area contributed by atoms with Gasteiger partial charge in [-0.2, -0.15) is 0 Å². The third-order valence-electron chi connectivity index (χ3n) is 3.29. The fourth-order valence-electron chi connectivity index (χ4n) is 2.11. The predicted molar refractivity (Wildman–Crippen MR) is 85.5 cm³/mol. The van der Waals surface area contributed by atoms with Crippen molar-refractivity contribution in [3.05, 3.63) is 35.1 Å². The van der Waals surface area contributed by atoms with E-state index in [2.05, 4.69) is 18.0 Å². The Balaban J connectivity index is 2.00. The molecule has 0 fully saturated rings. The first-order valence-corrected chi connectivity index (χ1v) is 7.99. The van der Waals surface area contributed by atoms with E-state index in [4.69, 9.17) is 11.6 Å². The molecule has 0 N–H and O–H groups in total. The monoisotopic (exact) mass is 279 g/mol. The molecule has 1 nitrogen and oxygen atoms in total. The minimum absolute atomic E-state index is 0.731. The van der Waals surface area contributed by atoms with Gasteiger partial charge in [-0.25, -0.2) is 0 Å². The summed E-state index contributed by atoms with van der Waals surface area (Å²) in [5.74, 6) is 0. The van der Waals surface area contributed by atoms with Crippen LogP contribution >= 0.6 is 11.6 Å². The highest BCUT2D eigenvalue weighted by Crippen LogP contribution is 2.14. The quantitative estimate of drug-likeness (QED) is 0.459. The average molecular weight is 280 g/mol. The Morgan fingerprint density at radius 3 is 2.42 bits per heavy atom. The van der Waals surface area contributed by atoms with Crippen LogP contribution in [0.1, 0.15) is 70.4 Å². The Kier molecular flexibility index (Phi) is 9.44. The molecule has 0 bridgehead atoms. The standard InChI is InChI=1S/C17H26ClN/c1-2-3-4-5-6-7-8-9-10-11-14-17-16(18)13-12-15-19-17/h11-15H,2-10H2,1H3/b14-11+. The largest absolute Gasteiger partial charge is 0.255 e. The van der Waals surface area contributed by atoms with E-state index in [9.17, 15) is 0 Å². The third-order valence-corrected chi connectivity index (χ3v) is 3.61. The van der Waals surface area contributed by atoms with Crippen molar-refractivity contribution in [2.45, 2.75) is 64.7 Å². The molecule has 0 amide bonds. The van der Waals surface area contributed by atoms with Crippen LogP contribution in [0.2, 0.25) is 5.02 Å². The molecule has 0 radical (unpaired) electrons. The number of unbranched alkanes of at least 4 members (excludes halogenated alkanes) is 8. The molecule has 1 rings (SSSR count). The maximum absolute atomic E-state index is 6.03. The van der Waals surface area contributed by atoms with Crippen LogP contribution in [0.5, 0.6) is 0 Å². The zero-order valence-corrected chi connectivity index (χ0v) is 12.8. The van der Waals surface area contributed by atoms with Gasteiger partial charge in [0.25, 0.3) is 0 Å². The van der Waals surface area contributed by atoms with E-state index < -0.39 is 0 Å². The maximum atomic E-state index is 6.03. The molecule has 1 heterocycles. The minimum atomic E-state index is 0.731. The molecule has 106 valence electrons. The van der Waals surface area contributed by atoms with Crippen molar-refractivity contribution in [1.29, 1.82) is 0 Å². The van der Waals surface area contributed by atoms with E-state index in [1.807, 2.05) is 18.2 Å². The molecule has 0 aliphatic heterocycles. The Morgan fingerprint density at radius 2 is 1.74 bits per heavy atom. The van der Waals surface area contributed by atoms with Crippen molar-refractivity contribution in [1.82, 2.24) is 4.98 Å². The lowest BCUT2D eigenvalue weighted by atomic mass is 10.1. The highest BCUT2D eigenvalue weighted by molar-refractivity contribution is 6.31. The van der Waals surface area contributed by atoms with Crippen molar-refractivity contribution in [2.75, 3.05) is 0 Å². The molecule has 0 aromatic carbocycles. The lowest BCUT2D eigenvalue weighted by molar-refractivity contribution is 0.578. The number of hydrogen-bond acceptors (Lipinski definition) is 1. The first kappa shape index (κ1) is 16.2. The number of hydrogen-bond donors (Lipinski definition) is 0. The topological polar surface area (TPSA) is 12.9 Å². The molecule has 0 aliphatic rings. The Morgan fingerprint density at radius 1 is 1.05 bits per heavy atom. The molecule has 2 heteroatoms. The number of aromatic nitrogens is 1. The first-order valence-electron chi connectivity index (χ1n) is 7.61. The normalized spacial score (nSPS) is 11.3. The van der Waals surface area contributed by atoms with Crippen molar-refractivity contribution in [2.24, 2.45) is 0 Å². The zero-order chi connectivity index (χ0) is 13.8. The van der Waals surface area contributed by atoms with Gasteiger partial charge in [0.15, 0.2) is 0 Å². The van der Waals surface area contributed by atoms with Crippen LogP contribution in [0.25, 0.3) is 6.08 Å². The Labute approximate surface area is 123 Å². The average Bonchev–Trinajstić information content (AvgIpc) is 2.43. The number of allylic oxidation sites excluding steroid dienone is 1. The summed E-state index contributed by atoms with van der Waals surface area (Å²) in [4.78, 5) is 4.24. The van der Waals surface area contributed by atoms with Gasteiger partial charge in [0.2, 0.25) is 0 Å². The van der Waals surface area contributed by atoms with Gasteiger partial charge in [0.05, 0.1) is 10.7 Å². The van der Waals surface area contributed by atoms with Gasteiger partial charge in [0, 0.05) is 6.20 Å². The van der Waals surface area contributed by atoms with Crippen molar-refractivity contribution in [3.63, 3.8) is 0 Å². The summed E-state index contributed by atoms with van der Waals surface area (Å²) < 4.78 is 0. The molecule has 19 heavy (non-hydrogen) atoms. The second kappa shape index (κ2) is 11.0. The van der Waals surface area contributed by atoms with Crippen molar-refractivity contribution >= 4 is 17.7 Å². The molecule has 0 saturated carbocycles. The van der Waals surface area contributed by atoms with Gasteiger partial charge in [0.1, 0.15) is 0 Å². The molecule has 0 saturated heterocycles. The van der Waals surface area contributed by atoms with Crippen molar-refractivity contribution < 1.29 is 0 Å². The van der Waals surface area contributed by atoms with E-state index in [-0.39, 0.29) is 0 Å². The van der Waals surface area contributed by atoms with Crippen LogP contribution in [0.4, 0.5) is 0 Å². The van der Waals surface area contributed by atoms with Gasteiger partial charge >= 0.3 is 0 Å².